The van der Waals surface area contributed by atoms with Crippen molar-refractivity contribution in [3.8, 4) is 17.2 Å². The lowest BCUT2D eigenvalue weighted by molar-refractivity contribution is -0.139. The number of thioether (sulfide) groups is 1. The number of rotatable bonds is 5. The van der Waals surface area contributed by atoms with Crippen molar-refractivity contribution < 1.29 is 9.53 Å². The number of hydrogen-bond acceptors (Lipinski definition) is 5. The number of hydrogen-bond donors (Lipinski definition) is 0. The second kappa shape index (κ2) is 7.50. The van der Waals surface area contributed by atoms with Crippen LogP contribution in [0.1, 0.15) is 30.2 Å². The lowest BCUT2D eigenvalue weighted by atomic mass is 9.95. The normalized spacial score (nSPS) is 12.5. The predicted molar refractivity (Wildman–Crippen MR) is 93.8 cm³/mol. The van der Waals surface area contributed by atoms with Gasteiger partial charge in [-0.15, -0.1) is 0 Å². The van der Waals surface area contributed by atoms with E-state index in [-0.39, 0.29) is 11.7 Å². The first-order valence-electron chi connectivity index (χ1n) is 8.04. The molecule has 2 aromatic rings. The van der Waals surface area contributed by atoms with E-state index in [2.05, 4.69) is 11.1 Å². The molecule has 0 aliphatic heterocycles. The molecule has 0 saturated carbocycles. The maximum absolute atomic E-state index is 11.7. The van der Waals surface area contributed by atoms with Gasteiger partial charge in [-0.1, -0.05) is 42.1 Å². The van der Waals surface area contributed by atoms with Crippen LogP contribution < -0.4 is 0 Å². The summed E-state index contributed by atoms with van der Waals surface area (Å²) < 4.78 is 4.97. The van der Waals surface area contributed by atoms with Crippen LogP contribution in [-0.2, 0) is 22.4 Å². The van der Waals surface area contributed by atoms with Crippen molar-refractivity contribution in [2.75, 3.05) is 12.4 Å². The largest absolute Gasteiger partial charge is 0.465 e. The Balaban J connectivity index is 2.05. The van der Waals surface area contributed by atoms with Crippen molar-refractivity contribution in [3.63, 3.8) is 0 Å². The molecule has 0 amide bonds. The van der Waals surface area contributed by atoms with Gasteiger partial charge >= 0.3 is 5.97 Å². The third-order valence-electron chi connectivity index (χ3n) is 4.00. The van der Waals surface area contributed by atoms with E-state index in [1.807, 2.05) is 30.3 Å². The fourth-order valence-electron chi connectivity index (χ4n) is 3.02. The minimum atomic E-state index is -0.282. The molecule has 3 rings (SSSR count). The van der Waals surface area contributed by atoms with Crippen LogP contribution in [-0.4, -0.2) is 23.3 Å². The van der Waals surface area contributed by atoms with Crippen molar-refractivity contribution in [3.05, 3.63) is 47.2 Å². The molecule has 1 aromatic carbocycles. The van der Waals surface area contributed by atoms with E-state index in [0.29, 0.717) is 17.2 Å². The van der Waals surface area contributed by atoms with Gasteiger partial charge in [-0.3, -0.25) is 4.79 Å². The fraction of sp³-hybridized carbons (Fsp3) is 0.316. The summed E-state index contributed by atoms with van der Waals surface area (Å²) in [5.41, 5.74) is 4.81. The second-order valence-corrected chi connectivity index (χ2v) is 6.48. The number of carbonyl (C=O) groups excluding carboxylic acids is 1. The molecule has 24 heavy (non-hydrogen) atoms. The Hall–Kier alpha value is -2.32. The highest BCUT2D eigenvalue weighted by Crippen LogP contribution is 2.38. The number of aryl methyl sites for hydroxylation is 1. The number of pyridine rings is 1. The zero-order valence-electron chi connectivity index (χ0n) is 13.5. The van der Waals surface area contributed by atoms with E-state index in [1.54, 1.807) is 6.92 Å². The SMILES string of the molecule is CCOC(=O)CSc1nc2c(c(-c3ccccc3)c1C#N)CCC2. The van der Waals surface area contributed by atoms with Gasteiger partial charge in [-0.2, -0.15) is 5.26 Å². The first-order chi connectivity index (χ1) is 11.7. The summed E-state index contributed by atoms with van der Waals surface area (Å²) in [6.45, 7) is 2.14. The molecule has 0 fully saturated rings. The Labute approximate surface area is 145 Å². The third kappa shape index (κ3) is 3.29. The van der Waals surface area contributed by atoms with Crippen LogP contribution >= 0.6 is 11.8 Å². The van der Waals surface area contributed by atoms with Gasteiger partial charge in [0.25, 0.3) is 0 Å². The maximum atomic E-state index is 11.7. The van der Waals surface area contributed by atoms with Crippen molar-refractivity contribution in [1.29, 1.82) is 5.26 Å². The molecule has 0 bridgehead atoms. The highest BCUT2D eigenvalue weighted by atomic mass is 32.2. The Bertz CT molecular complexity index is 797. The van der Waals surface area contributed by atoms with E-state index >= 15 is 0 Å². The van der Waals surface area contributed by atoms with Gasteiger partial charge in [0.1, 0.15) is 11.1 Å². The van der Waals surface area contributed by atoms with Gasteiger partial charge < -0.3 is 4.74 Å². The highest BCUT2D eigenvalue weighted by Gasteiger charge is 2.24. The standard InChI is InChI=1S/C19H18N2O2S/c1-2-23-17(22)12-24-19-15(11-20)18(13-7-4-3-5-8-13)14-9-6-10-16(14)21-19/h3-5,7-8H,2,6,9-10,12H2,1H3. The number of aromatic nitrogens is 1. The summed E-state index contributed by atoms with van der Waals surface area (Å²) in [6.07, 6.45) is 2.93. The van der Waals surface area contributed by atoms with E-state index < -0.39 is 0 Å². The maximum Gasteiger partial charge on any atom is 0.316 e. The van der Waals surface area contributed by atoms with Gasteiger partial charge in [0.05, 0.1) is 17.9 Å². The number of nitrogens with zero attached hydrogens (tertiary/aromatic N) is 2. The summed E-state index contributed by atoms with van der Waals surface area (Å²) in [5.74, 6) is -0.113. The summed E-state index contributed by atoms with van der Waals surface area (Å²) in [4.78, 5) is 16.3. The van der Waals surface area contributed by atoms with Crippen LogP contribution in [0.5, 0.6) is 0 Å². The highest BCUT2D eigenvalue weighted by molar-refractivity contribution is 7.99. The molecular formula is C19H18N2O2S. The minimum Gasteiger partial charge on any atom is -0.465 e. The Kier molecular flexibility index (Phi) is 5.17. The topological polar surface area (TPSA) is 63.0 Å². The second-order valence-electron chi connectivity index (χ2n) is 5.52. The number of fused-ring (bicyclic) bond motifs is 1. The summed E-state index contributed by atoms with van der Waals surface area (Å²) >= 11 is 1.29. The van der Waals surface area contributed by atoms with Crippen molar-refractivity contribution in [2.45, 2.75) is 31.2 Å². The average Bonchev–Trinajstić information content (AvgIpc) is 3.07. The molecule has 0 N–H and O–H groups in total. The average molecular weight is 338 g/mol. The predicted octanol–water partition coefficient (Wildman–Crippen LogP) is 3.76. The lowest BCUT2D eigenvalue weighted by Crippen LogP contribution is -2.08. The van der Waals surface area contributed by atoms with Crippen LogP contribution in [0.25, 0.3) is 11.1 Å². The summed E-state index contributed by atoms with van der Waals surface area (Å²) in [5, 5.41) is 10.4. The fourth-order valence-corrected chi connectivity index (χ4v) is 3.82. The van der Waals surface area contributed by atoms with Crippen molar-refractivity contribution >= 4 is 17.7 Å². The third-order valence-corrected chi connectivity index (χ3v) is 4.95. The van der Waals surface area contributed by atoms with Crippen LogP contribution in [0.3, 0.4) is 0 Å². The van der Waals surface area contributed by atoms with Gasteiger partial charge in [-0.05, 0) is 37.3 Å². The molecule has 0 atom stereocenters. The molecule has 0 saturated heterocycles. The quantitative estimate of drug-likeness (QED) is 0.613. The first-order valence-corrected chi connectivity index (χ1v) is 9.02. The van der Waals surface area contributed by atoms with E-state index in [4.69, 9.17) is 4.74 Å². The zero-order valence-corrected chi connectivity index (χ0v) is 14.4. The molecule has 0 unspecified atom stereocenters. The number of carbonyl (C=O) groups is 1. The Morgan fingerprint density at radius 2 is 2.12 bits per heavy atom. The molecule has 1 aliphatic carbocycles. The lowest BCUT2D eigenvalue weighted by Gasteiger charge is -2.14. The smallest absolute Gasteiger partial charge is 0.316 e. The van der Waals surface area contributed by atoms with E-state index in [9.17, 15) is 10.1 Å². The van der Waals surface area contributed by atoms with Crippen LogP contribution in [0.2, 0.25) is 0 Å². The van der Waals surface area contributed by atoms with Crippen LogP contribution in [0, 0.1) is 11.3 Å². The number of ether oxygens (including phenoxy) is 1. The van der Waals surface area contributed by atoms with Gasteiger partial charge in [-0.25, -0.2) is 4.98 Å². The monoisotopic (exact) mass is 338 g/mol. The molecule has 122 valence electrons. The number of nitriles is 1. The molecule has 0 radical (unpaired) electrons. The number of esters is 1. The van der Waals surface area contributed by atoms with Crippen LogP contribution in [0.4, 0.5) is 0 Å². The molecule has 4 nitrogen and oxygen atoms in total. The van der Waals surface area contributed by atoms with Gasteiger partial charge in [0.2, 0.25) is 0 Å². The Morgan fingerprint density at radius 3 is 2.83 bits per heavy atom. The van der Waals surface area contributed by atoms with Gasteiger partial charge in [0.15, 0.2) is 0 Å². The number of benzene rings is 1. The van der Waals surface area contributed by atoms with Crippen LogP contribution in [0.15, 0.2) is 35.4 Å². The molecular weight excluding hydrogens is 320 g/mol. The molecule has 0 spiro atoms. The van der Waals surface area contributed by atoms with Crippen molar-refractivity contribution in [2.24, 2.45) is 0 Å². The van der Waals surface area contributed by atoms with Crippen molar-refractivity contribution in [1.82, 2.24) is 4.98 Å². The summed E-state index contributed by atoms with van der Waals surface area (Å²) in [7, 11) is 0. The molecule has 1 aromatic heterocycles. The molecule has 1 heterocycles. The summed E-state index contributed by atoms with van der Waals surface area (Å²) in [6, 6.07) is 12.3. The zero-order chi connectivity index (χ0) is 16.9. The minimum absolute atomic E-state index is 0.169. The molecule has 1 aliphatic rings. The first kappa shape index (κ1) is 16.5. The molecule has 5 heteroatoms. The van der Waals surface area contributed by atoms with E-state index in [0.717, 1.165) is 36.1 Å². The van der Waals surface area contributed by atoms with E-state index in [1.165, 1.54) is 17.3 Å². The van der Waals surface area contributed by atoms with Gasteiger partial charge in [0, 0.05) is 11.3 Å². The Morgan fingerprint density at radius 1 is 1.33 bits per heavy atom.